The molecule has 1 atom stereocenters. The molecule has 0 spiro atoms. The van der Waals surface area contributed by atoms with Crippen LogP contribution in [0.5, 0.6) is 11.5 Å². The number of hydrogen-bond acceptors (Lipinski definition) is 5. The number of likely N-dealkylation sites (tertiary alicyclic amines) is 1. The number of carbonyl (C=O) groups is 2. The molecule has 1 aliphatic rings. The van der Waals surface area contributed by atoms with E-state index in [0.717, 1.165) is 24.1 Å². The molecule has 2 N–H and O–H groups in total. The fraction of sp³-hybridized carbons (Fsp3) is 0.360. The van der Waals surface area contributed by atoms with Gasteiger partial charge in [0, 0.05) is 18.5 Å². The Morgan fingerprint density at radius 1 is 1.03 bits per heavy atom. The van der Waals surface area contributed by atoms with E-state index in [9.17, 15) is 14.7 Å². The second-order valence-electron chi connectivity index (χ2n) is 8.28. The smallest absolute Gasteiger partial charge is 0.295 e. The van der Waals surface area contributed by atoms with E-state index < -0.39 is 17.7 Å². The van der Waals surface area contributed by atoms with Gasteiger partial charge in [-0.3, -0.25) is 9.59 Å². The number of nitrogens with one attached hydrogen (secondary N) is 1. The fourth-order valence-electron chi connectivity index (χ4n) is 3.95. The van der Waals surface area contributed by atoms with Crippen molar-refractivity contribution in [3.8, 4) is 11.5 Å². The van der Waals surface area contributed by atoms with Crippen molar-refractivity contribution in [2.24, 2.45) is 0 Å². The first-order valence-electron chi connectivity index (χ1n) is 10.6. The number of aliphatic hydroxyl groups is 1. The van der Waals surface area contributed by atoms with Gasteiger partial charge < -0.3 is 24.4 Å². The van der Waals surface area contributed by atoms with E-state index in [1.807, 2.05) is 45.3 Å². The molecule has 1 heterocycles. The number of aliphatic hydroxyl groups excluding tert-OH is 1. The van der Waals surface area contributed by atoms with Gasteiger partial charge in [0.05, 0.1) is 46.5 Å². The lowest BCUT2D eigenvalue weighted by Crippen LogP contribution is -3.05. The number of ether oxygens (including phenoxy) is 2. The standard InChI is InChI=1S/C25H30N2O5/c1-16-7-9-17(10-8-16)22-21(24(29)25(30)27(22)14-6-13-26(2)3)23(28)18-11-12-19(31-4)20(15-18)32-5/h7-12,15,22,28H,6,13-14H2,1-5H3/p+1/t22-/m0/s1. The molecule has 0 aliphatic carbocycles. The molecule has 7 nitrogen and oxygen atoms in total. The summed E-state index contributed by atoms with van der Waals surface area (Å²) in [5.74, 6) is -0.570. The average Bonchev–Trinajstić information content (AvgIpc) is 3.03. The first-order valence-corrected chi connectivity index (χ1v) is 10.6. The van der Waals surface area contributed by atoms with E-state index in [1.54, 1.807) is 23.1 Å². The van der Waals surface area contributed by atoms with Gasteiger partial charge in [-0.15, -0.1) is 0 Å². The van der Waals surface area contributed by atoms with E-state index in [0.29, 0.717) is 23.6 Å². The summed E-state index contributed by atoms with van der Waals surface area (Å²) in [7, 11) is 7.11. The Bertz CT molecular complexity index is 1030. The average molecular weight is 440 g/mol. The molecule has 0 bridgehead atoms. The summed E-state index contributed by atoms with van der Waals surface area (Å²) in [4.78, 5) is 28.9. The lowest BCUT2D eigenvalue weighted by molar-refractivity contribution is -0.858. The number of benzene rings is 2. The Morgan fingerprint density at radius 2 is 1.69 bits per heavy atom. The second kappa shape index (κ2) is 9.87. The fourth-order valence-corrected chi connectivity index (χ4v) is 3.95. The van der Waals surface area contributed by atoms with Gasteiger partial charge >= 0.3 is 0 Å². The Hall–Kier alpha value is -3.32. The largest absolute Gasteiger partial charge is 0.507 e. The van der Waals surface area contributed by atoms with Gasteiger partial charge in [0.2, 0.25) is 0 Å². The maximum Gasteiger partial charge on any atom is 0.295 e. The number of aryl methyl sites for hydroxylation is 1. The van der Waals surface area contributed by atoms with Crippen LogP contribution < -0.4 is 14.4 Å². The van der Waals surface area contributed by atoms with Gasteiger partial charge in [0.15, 0.2) is 11.5 Å². The molecule has 0 saturated carbocycles. The second-order valence-corrected chi connectivity index (χ2v) is 8.28. The molecule has 0 aromatic heterocycles. The Labute approximate surface area is 188 Å². The van der Waals surface area contributed by atoms with Gasteiger partial charge in [0.25, 0.3) is 11.7 Å². The van der Waals surface area contributed by atoms with Gasteiger partial charge in [-0.25, -0.2) is 0 Å². The molecular formula is C25H31N2O5+. The molecule has 1 aliphatic heterocycles. The lowest BCUT2D eigenvalue weighted by atomic mass is 9.94. The van der Waals surface area contributed by atoms with E-state index in [-0.39, 0.29) is 11.3 Å². The summed E-state index contributed by atoms with van der Waals surface area (Å²) >= 11 is 0. The molecule has 1 fully saturated rings. The highest BCUT2D eigenvalue weighted by atomic mass is 16.5. The maximum absolute atomic E-state index is 13.1. The topological polar surface area (TPSA) is 80.5 Å². The number of Topliss-reactive ketones (excluding diaryl/α,β-unsaturated/α-hetero) is 1. The summed E-state index contributed by atoms with van der Waals surface area (Å²) < 4.78 is 10.6. The van der Waals surface area contributed by atoms with Crippen molar-refractivity contribution in [1.29, 1.82) is 0 Å². The van der Waals surface area contributed by atoms with Crippen LogP contribution in [0, 0.1) is 6.92 Å². The zero-order valence-corrected chi connectivity index (χ0v) is 19.3. The predicted molar refractivity (Wildman–Crippen MR) is 122 cm³/mol. The zero-order valence-electron chi connectivity index (χ0n) is 19.3. The third kappa shape index (κ3) is 4.62. The minimum atomic E-state index is -0.681. The number of methoxy groups -OCH3 is 2. The highest BCUT2D eigenvalue weighted by Crippen LogP contribution is 2.40. The van der Waals surface area contributed by atoms with Crippen LogP contribution in [-0.2, 0) is 9.59 Å². The molecule has 7 heteroatoms. The molecule has 2 aromatic carbocycles. The van der Waals surface area contributed by atoms with Crippen molar-refractivity contribution in [3.05, 3.63) is 64.7 Å². The number of rotatable bonds is 8. The number of hydrogen-bond donors (Lipinski definition) is 2. The van der Waals surface area contributed by atoms with Crippen molar-refractivity contribution in [2.75, 3.05) is 41.4 Å². The molecule has 32 heavy (non-hydrogen) atoms. The van der Waals surface area contributed by atoms with Gasteiger partial charge in [0.1, 0.15) is 5.76 Å². The van der Waals surface area contributed by atoms with E-state index >= 15 is 0 Å². The monoisotopic (exact) mass is 439 g/mol. The molecule has 1 amide bonds. The van der Waals surface area contributed by atoms with Crippen LogP contribution in [0.1, 0.15) is 29.2 Å². The Kier molecular flexibility index (Phi) is 7.20. The lowest BCUT2D eigenvalue weighted by Gasteiger charge is -2.25. The van der Waals surface area contributed by atoms with Crippen molar-refractivity contribution < 1.29 is 29.1 Å². The van der Waals surface area contributed by atoms with Crippen LogP contribution in [0.15, 0.2) is 48.0 Å². The van der Waals surface area contributed by atoms with Crippen LogP contribution in [-0.4, -0.2) is 63.1 Å². The van der Waals surface area contributed by atoms with Gasteiger partial charge in [-0.2, -0.15) is 0 Å². The molecular weight excluding hydrogens is 408 g/mol. The zero-order chi connectivity index (χ0) is 23.4. The van der Waals surface area contributed by atoms with Crippen LogP contribution in [0.2, 0.25) is 0 Å². The van der Waals surface area contributed by atoms with Crippen molar-refractivity contribution in [2.45, 2.75) is 19.4 Å². The minimum absolute atomic E-state index is 0.0864. The first kappa shape index (κ1) is 23.3. The number of quaternary nitrogens is 1. The van der Waals surface area contributed by atoms with Crippen molar-refractivity contribution in [1.82, 2.24) is 4.90 Å². The molecule has 3 rings (SSSR count). The quantitative estimate of drug-likeness (QED) is 0.374. The van der Waals surface area contributed by atoms with Crippen LogP contribution in [0.25, 0.3) is 5.76 Å². The predicted octanol–water partition coefficient (Wildman–Crippen LogP) is 1.97. The normalized spacial score (nSPS) is 17.8. The number of ketones is 1. The van der Waals surface area contributed by atoms with Crippen LogP contribution >= 0.6 is 0 Å². The van der Waals surface area contributed by atoms with E-state index in [4.69, 9.17) is 9.47 Å². The van der Waals surface area contributed by atoms with Crippen molar-refractivity contribution in [3.63, 3.8) is 0 Å². The summed E-state index contributed by atoms with van der Waals surface area (Å²) in [6.45, 7) is 3.26. The van der Waals surface area contributed by atoms with Crippen molar-refractivity contribution >= 4 is 17.4 Å². The third-order valence-corrected chi connectivity index (χ3v) is 5.67. The third-order valence-electron chi connectivity index (χ3n) is 5.67. The van der Waals surface area contributed by atoms with Crippen LogP contribution in [0.3, 0.4) is 0 Å². The maximum atomic E-state index is 13.1. The summed E-state index contributed by atoms with van der Waals surface area (Å²) in [6, 6.07) is 11.9. The Morgan fingerprint density at radius 3 is 2.28 bits per heavy atom. The highest BCUT2D eigenvalue weighted by molar-refractivity contribution is 6.46. The molecule has 0 radical (unpaired) electrons. The van der Waals surface area contributed by atoms with Gasteiger partial charge in [-0.1, -0.05) is 29.8 Å². The van der Waals surface area contributed by atoms with E-state index in [2.05, 4.69) is 0 Å². The Balaban J connectivity index is 2.11. The number of nitrogens with zero attached hydrogens (tertiary/aromatic N) is 1. The van der Waals surface area contributed by atoms with Crippen LogP contribution in [0.4, 0.5) is 0 Å². The number of carbonyl (C=O) groups excluding carboxylic acids is 2. The summed E-state index contributed by atoms with van der Waals surface area (Å²) in [5.41, 5.74) is 2.33. The first-order chi connectivity index (χ1) is 15.3. The molecule has 1 saturated heterocycles. The minimum Gasteiger partial charge on any atom is -0.507 e. The molecule has 0 unspecified atom stereocenters. The SMILES string of the molecule is COc1ccc(C(O)=C2C(=O)C(=O)N(CCC[NH+](C)C)[C@H]2c2ccc(C)cc2)cc1OC. The van der Waals surface area contributed by atoms with E-state index in [1.165, 1.54) is 19.1 Å². The summed E-state index contributed by atoms with van der Waals surface area (Å²) in [6.07, 6.45) is 0.744. The molecule has 2 aromatic rings. The number of amides is 1. The molecule has 170 valence electrons. The highest BCUT2D eigenvalue weighted by Gasteiger charge is 2.45. The summed E-state index contributed by atoms with van der Waals surface area (Å²) in [5, 5.41) is 11.2. The van der Waals surface area contributed by atoms with Gasteiger partial charge in [-0.05, 0) is 30.7 Å².